The van der Waals surface area contributed by atoms with Gasteiger partial charge in [-0.25, -0.2) is 9.78 Å². The van der Waals surface area contributed by atoms with Crippen molar-refractivity contribution in [3.8, 4) is 16.8 Å². The molecule has 0 unspecified atom stereocenters. The highest BCUT2D eigenvalue weighted by Gasteiger charge is 2.09. The molecule has 0 N–H and O–H groups in total. The van der Waals surface area contributed by atoms with Crippen molar-refractivity contribution in [3.63, 3.8) is 0 Å². The van der Waals surface area contributed by atoms with E-state index < -0.39 is 0 Å². The summed E-state index contributed by atoms with van der Waals surface area (Å²) in [6.07, 6.45) is 5.60. The lowest BCUT2D eigenvalue weighted by atomic mass is 10.1. The molecule has 124 valence electrons. The molecule has 0 saturated heterocycles. The van der Waals surface area contributed by atoms with Crippen LogP contribution in [0.25, 0.3) is 27.8 Å². The van der Waals surface area contributed by atoms with Gasteiger partial charge >= 0.3 is 5.97 Å². The van der Waals surface area contributed by atoms with E-state index in [0.717, 1.165) is 27.8 Å². The van der Waals surface area contributed by atoms with Gasteiger partial charge in [-0.2, -0.15) is 5.10 Å². The first-order valence-corrected chi connectivity index (χ1v) is 7.80. The van der Waals surface area contributed by atoms with E-state index in [9.17, 15) is 4.79 Å². The third kappa shape index (κ3) is 2.67. The summed E-state index contributed by atoms with van der Waals surface area (Å²) in [5, 5.41) is 4.23. The van der Waals surface area contributed by atoms with Gasteiger partial charge in [0.05, 0.1) is 29.9 Å². The van der Waals surface area contributed by atoms with Crippen LogP contribution < -0.4 is 0 Å². The van der Waals surface area contributed by atoms with Crippen molar-refractivity contribution in [2.75, 3.05) is 7.11 Å². The number of methoxy groups -OCH3 is 1. The van der Waals surface area contributed by atoms with Crippen molar-refractivity contribution in [2.24, 2.45) is 7.05 Å². The molecule has 0 bridgehead atoms. The zero-order valence-corrected chi connectivity index (χ0v) is 13.9. The fourth-order valence-electron chi connectivity index (χ4n) is 2.84. The van der Waals surface area contributed by atoms with Gasteiger partial charge in [-0.05, 0) is 42.0 Å². The van der Waals surface area contributed by atoms with Crippen LogP contribution in [0.15, 0.2) is 61.2 Å². The van der Waals surface area contributed by atoms with Gasteiger partial charge in [0.1, 0.15) is 6.33 Å². The van der Waals surface area contributed by atoms with Gasteiger partial charge < -0.3 is 4.74 Å². The van der Waals surface area contributed by atoms with E-state index in [-0.39, 0.29) is 5.97 Å². The summed E-state index contributed by atoms with van der Waals surface area (Å²) in [4.78, 5) is 16.0. The number of benzene rings is 2. The Morgan fingerprint density at radius 3 is 2.56 bits per heavy atom. The van der Waals surface area contributed by atoms with Gasteiger partial charge in [-0.15, -0.1) is 0 Å². The van der Waals surface area contributed by atoms with Crippen molar-refractivity contribution < 1.29 is 9.53 Å². The Morgan fingerprint density at radius 2 is 1.88 bits per heavy atom. The Morgan fingerprint density at radius 1 is 1.08 bits per heavy atom. The van der Waals surface area contributed by atoms with E-state index in [1.807, 2.05) is 48.3 Å². The summed E-state index contributed by atoms with van der Waals surface area (Å²) < 4.78 is 8.51. The molecule has 4 rings (SSSR count). The number of imidazole rings is 1. The largest absolute Gasteiger partial charge is 0.465 e. The van der Waals surface area contributed by atoms with E-state index in [0.29, 0.717) is 5.56 Å². The first-order valence-electron chi connectivity index (χ1n) is 7.80. The minimum atomic E-state index is -0.346. The molecule has 2 aromatic heterocycles. The summed E-state index contributed by atoms with van der Waals surface area (Å²) >= 11 is 0. The van der Waals surface area contributed by atoms with Crippen LogP contribution >= 0.6 is 0 Å². The number of carbonyl (C=O) groups excluding carboxylic acids is 1. The maximum absolute atomic E-state index is 11.6. The number of aromatic nitrogens is 4. The van der Waals surface area contributed by atoms with Crippen LogP contribution in [0.4, 0.5) is 0 Å². The van der Waals surface area contributed by atoms with E-state index in [1.165, 1.54) is 7.11 Å². The van der Waals surface area contributed by atoms with Crippen molar-refractivity contribution in [2.45, 2.75) is 0 Å². The van der Waals surface area contributed by atoms with Crippen molar-refractivity contribution in [3.05, 3.63) is 66.7 Å². The molecule has 6 nitrogen and oxygen atoms in total. The second-order valence-corrected chi connectivity index (χ2v) is 5.76. The van der Waals surface area contributed by atoms with Crippen LogP contribution in [0.1, 0.15) is 10.4 Å². The topological polar surface area (TPSA) is 61.9 Å². The van der Waals surface area contributed by atoms with Gasteiger partial charge in [0.2, 0.25) is 0 Å². The molecule has 2 aromatic carbocycles. The van der Waals surface area contributed by atoms with Crippen molar-refractivity contribution in [1.82, 2.24) is 19.3 Å². The van der Waals surface area contributed by atoms with E-state index in [2.05, 4.69) is 16.1 Å². The smallest absolute Gasteiger partial charge is 0.337 e. The van der Waals surface area contributed by atoms with Crippen LogP contribution in [0.5, 0.6) is 0 Å². The Hall–Kier alpha value is -3.41. The second kappa shape index (κ2) is 5.90. The minimum Gasteiger partial charge on any atom is -0.465 e. The van der Waals surface area contributed by atoms with Gasteiger partial charge in [0, 0.05) is 24.5 Å². The third-order valence-electron chi connectivity index (χ3n) is 4.15. The fraction of sp³-hybridized carbons (Fsp3) is 0.105. The normalized spacial score (nSPS) is 11.0. The van der Waals surface area contributed by atoms with Gasteiger partial charge in [0.25, 0.3) is 0 Å². The molecular weight excluding hydrogens is 316 g/mol. The van der Waals surface area contributed by atoms with Crippen LogP contribution in [0, 0.1) is 0 Å². The molecular formula is C19H16N4O2. The monoisotopic (exact) mass is 332 g/mol. The Bertz CT molecular complexity index is 1060. The molecule has 0 radical (unpaired) electrons. The fourth-order valence-corrected chi connectivity index (χ4v) is 2.84. The SMILES string of the molecule is COC(=O)c1ccc(-n2cnc3ccc(-c4cnn(C)c4)cc32)cc1. The Labute approximate surface area is 144 Å². The number of hydrogen-bond donors (Lipinski definition) is 0. The molecule has 4 aromatic rings. The number of hydrogen-bond acceptors (Lipinski definition) is 4. The Balaban J connectivity index is 1.78. The molecule has 0 aliphatic carbocycles. The molecule has 25 heavy (non-hydrogen) atoms. The number of esters is 1. The van der Waals surface area contributed by atoms with Crippen LogP contribution in [0.2, 0.25) is 0 Å². The molecule has 0 atom stereocenters. The number of ether oxygens (including phenoxy) is 1. The maximum atomic E-state index is 11.6. The van der Waals surface area contributed by atoms with E-state index in [4.69, 9.17) is 4.74 Å². The van der Waals surface area contributed by atoms with Crippen molar-refractivity contribution >= 4 is 17.0 Å². The molecule has 0 aliphatic rings. The van der Waals surface area contributed by atoms with Crippen LogP contribution in [-0.2, 0) is 11.8 Å². The maximum Gasteiger partial charge on any atom is 0.337 e. The van der Waals surface area contributed by atoms with E-state index in [1.54, 1.807) is 23.1 Å². The average molecular weight is 332 g/mol. The number of rotatable bonds is 3. The molecule has 2 heterocycles. The third-order valence-corrected chi connectivity index (χ3v) is 4.15. The standard InChI is InChI=1S/C19H16N4O2/c1-22-11-15(10-21-22)14-5-8-17-18(9-14)23(12-20-17)16-6-3-13(4-7-16)19(24)25-2/h3-12H,1-2H3. The highest BCUT2D eigenvalue weighted by molar-refractivity contribution is 5.89. The van der Waals surface area contributed by atoms with Gasteiger partial charge in [-0.1, -0.05) is 6.07 Å². The Kier molecular flexibility index (Phi) is 3.57. The minimum absolute atomic E-state index is 0.346. The van der Waals surface area contributed by atoms with Crippen molar-refractivity contribution in [1.29, 1.82) is 0 Å². The summed E-state index contributed by atoms with van der Waals surface area (Å²) in [6, 6.07) is 13.4. The predicted octanol–water partition coefficient (Wildman–Crippen LogP) is 3.21. The number of carbonyl (C=O) groups is 1. The lowest BCUT2D eigenvalue weighted by Gasteiger charge is -2.06. The average Bonchev–Trinajstić information content (AvgIpc) is 3.27. The van der Waals surface area contributed by atoms with Gasteiger partial charge in [0.15, 0.2) is 0 Å². The molecule has 6 heteroatoms. The van der Waals surface area contributed by atoms with Crippen LogP contribution in [0.3, 0.4) is 0 Å². The molecule has 0 saturated carbocycles. The lowest BCUT2D eigenvalue weighted by molar-refractivity contribution is 0.0601. The predicted molar refractivity (Wildman–Crippen MR) is 94.6 cm³/mol. The van der Waals surface area contributed by atoms with Crippen LogP contribution in [-0.4, -0.2) is 32.4 Å². The molecule has 0 fully saturated rings. The highest BCUT2D eigenvalue weighted by Crippen LogP contribution is 2.25. The number of nitrogens with zero attached hydrogens (tertiary/aromatic N) is 4. The summed E-state index contributed by atoms with van der Waals surface area (Å²) in [5.74, 6) is -0.346. The molecule has 0 aliphatic heterocycles. The van der Waals surface area contributed by atoms with Gasteiger partial charge in [-0.3, -0.25) is 9.25 Å². The molecule has 0 spiro atoms. The lowest BCUT2D eigenvalue weighted by Crippen LogP contribution is -2.01. The number of aryl methyl sites for hydroxylation is 1. The summed E-state index contributed by atoms with van der Waals surface area (Å²) in [7, 11) is 3.27. The number of fused-ring (bicyclic) bond motifs is 1. The van der Waals surface area contributed by atoms with E-state index >= 15 is 0 Å². The molecule has 0 amide bonds. The zero-order chi connectivity index (χ0) is 17.4. The summed E-state index contributed by atoms with van der Waals surface area (Å²) in [5.41, 5.74) is 5.48. The highest BCUT2D eigenvalue weighted by atomic mass is 16.5. The quantitative estimate of drug-likeness (QED) is 0.541. The second-order valence-electron chi connectivity index (χ2n) is 5.76. The summed E-state index contributed by atoms with van der Waals surface area (Å²) in [6.45, 7) is 0. The first kappa shape index (κ1) is 15.1. The first-order chi connectivity index (χ1) is 12.2. The zero-order valence-electron chi connectivity index (χ0n) is 13.9.